The predicted molar refractivity (Wildman–Crippen MR) is 246 cm³/mol. The van der Waals surface area contributed by atoms with Crippen LogP contribution in [-0.2, 0) is 19.2 Å². The van der Waals surface area contributed by atoms with Crippen LogP contribution in [0.1, 0.15) is 145 Å². The number of fused-ring (bicyclic) bond motifs is 10. The second kappa shape index (κ2) is 16.2. The highest BCUT2D eigenvalue weighted by atomic mass is 32.2. The first-order chi connectivity index (χ1) is 28.3. The number of nitrogens with one attached hydrogen (secondary N) is 1. The van der Waals surface area contributed by atoms with Gasteiger partial charge in [-0.2, -0.15) is 11.8 Å². The molecular weight excluding hydrogens is 785 g/mol. The number of piperidine rings is 1. The molecule has 2 heterocycles. The molecule has 0 aromatic rings. The van der Waals surface area contributed by atoms with Crippen LogP contribution in [0, 0.1) is 69.0 Å². The number of nitrogens with zero attached hydrogens (tertiary/aromatic N) is 2. The Balaban J connectivity index is 1.11. The van der Waals surface area contributed by atoms with Gasteiger partial charge in [0.05, 0.1) is 23.1 Å². The molecule has 1 saturated heterocycles. The molecule has 6 aliphatic carbocycles. The van der Waals surface area contributed by atoms with Crippen LogP contribution in [0.2, 0.25) is 0 Å². The van der Waals surface area contributed by atoms with Gasteiger partial charge < -0.3 is 20.9 Å². The summed E-state index contributed by atoms with van der Waals surface area (Å²) in [5.74, 6) is 5.59. The number of hydrogen-bond donors (Lipinski definition) is 2. The number of carbonyl (C=O) groups excluding carboxylic acids is 4. The fourth-order valence-electron chi connectivity index (χ4n) is 17.3. The largest absolute Gasteiger partial charge is 0.355 e. The van der Waals surface area contributed by atoms with Gasteiger partial charge >= 0.3 is 0 Å². The van der Waals surface area contributed by atoms with E-state index in [0.29, 0.717) is 69.9 Å². The molecule has 6 saturated carbocycles. The number of Topliss-reactive ketones (excluding diaryl/α,β-unsaturated/α-hetero) is 1. The molecule has 60 heavy (non-hydrogen) atoms. The van der Waals surface area contributed by atoms with Gasteiger partial charge in [0, 0.05) is 44.6 Å². The third-order valence-electron chi connectivity index (χ3n) is 20.4. The van der Waals surface area contributed by atoms with E-state index in [2.05, 4.69) is 90.7 Å². The number of likely N-dealkylation sites (N-methyl/N-ethyl adjacent to an activating group) is 2. The van der Waals surface area contributed by atoms with Crippen LogP contribution < -0.4 is 11.1 Å². The zero-order chi connectivity index (χ0) is 43.3. The molecule has 336 valence electrons. The maximum absolute atomic E-state index is 14.4. The lowest BCUT2D eigenvalue weighted by Crippen LogP contribution is -2.74. The molecule has 0 bridgehead atoms. The first-order valence-corrected chi connectivity index (χ1v) is 26.4. The maximum Gasteiger partial charge on any atom is 0.246 e. The maximum atomic E-state index is 14.4. The topological polar surface area (TPSA) is 113 Å². The van der Waals surface area contributed by atoms with E-state index in [1.807, 2.05) is 0 Å². The number of likely N-dealkylation sites (tertiary alicyclic amines) is 1. The van der Waals surface area contributed by atoms with Crippen LogP contribution in [0.15, 0.2) is 11.6 Å². The van der Waals surface area contributed by atoms with E-state index >= 15 is 0 Å². The van der Waals surface area contributed by atoms with Crippen molar-refractivity contribution in [2.45, 2.75) is 173 Å². The lowest BCUT2D eigenvalue weighted by atomic mass is 9.38. The molecular formula is C50H80N4O4S2. The summed E-state index contributed by atoms with van der Waals surface area (Å²) >= 11 is 3.43. The predicted octanol–water partition coefficient (Wildman–Crippen LogP) is 8.76. The molecule has 7 fully saturated rings. The van der Waals surface area contributed by atoms with Crippen molar-refractivity contribution in [1.29, 1.82) is 0 Å². The van der Waals surface area contributed by atoms with Gasteiger partial charge in [-0.05, 0) is 163 Å². The van der Waals surface area contributed by atoms with Gasteiger partial charge in [-0.25, -0.2) is 0 Å². The summed E-state index contributed by atoms with van der Waals surface area (Å²) in [7, 11) is 4.16. The molecule has 8 aliphatic rings. The Morgan fingerprint density at radius 1 is 0.767 bits per heavy atom. The van der Waals surface area contributed by atoms with Crippen molar-refractivity contribution >= 4 is 47.0 Å². The lowest BCUT2D eigenvalue weighted by molar-refractivity contribution is -0.188. The van der Waals surface area contributed by atoms with Gasteiger partial charge in [0.25, 0.3) is 0 Å². The third-order valence-corrected chi connectivity index (χ3v) is 22.6. The average Bonchev–Trinajstić information content (AvgIpc) is 3.74. The molecule has 3 amide bonds. The molecule has 15 atom stereocenters. The molecule has 0 aromatic heterocycles. The van der Waals surface area contributed by atoms with Gasteiger partial charge in [0.1, 0.15) is 0 Å². The summed E-state index contributed by atoms with van der Waals surface area (Å²) in [6.07, 6.45) is 16.6. The zero-order valence-electron chi connectivity index (χ0n) is 38.9. The van der Waals surface area contributed by atoms with Gasteiger partial charge in [0.2, 0.25) is 17.7 Å². The van der Waals surface area contributed by atoms with Crippen molar-refractivity contribution in [3.63, 3.8) is 0 Å². The number of hydrogen-bond acceptors (Lipinski definition) is 7. The number of thioether (sulfide) groups is 2. The molecule has 3 N–H and O–H groups in total. The standard InChI is InChI=1S/C50H80N4O4S2/c1-29(2)59-27-39(55)45(51)38-15-14-35-33-17-24-50(48(7,23-20-43(57)54(50)10)36(33)18-22-47(35,38)6)40-25-44(58)53(9)41-16-12-32-34-13-11-31(26-52-42(56)28-60-30(3)4)46(34,5)21-19-37(32)49(40,41)8/h25,29-38,41,45H,11-24,26-28,51H2,1-10H3,(H,52,56)/t31?,32-,33-,34-,35-,36+,37+,38?,41?,45?,46+,47-,48+,49-,50?/m0/s1. The first kappa shape index (κ1) is 45.1. The van der Waals surface area contributed by atoms with Crippen molar-refractivity contribution in [3.8, 4) is 0 Å². The molecule has 8 rings (SSSR count). The van der Waals surface area contributed by atoms with Gasteiger partial charge in [0.15, 0.2) is 5.78 Å². The van der Waals surface area contributed by atoms with E-state index in [1.165, 1.54) is 18.4 Å². The molecule has 5 unspecified atom stereocenters. The van der Waals surface area contributed by atoms with Crippen LogP contribution in [-0.4, -0.2) is 93.6 Å². The summed E-state index contributed by atoms with van der Waals surface area (Å²) in [5.41, 5.74) is 7.56. The molecule has 0 aromatic carbocycles. The fourth-order valence-corrected chi connectivity index (χ4v) is 18.6. The highest BCUT2D eigenvalue weighted by molar-refractivity contribution is 8.00. The van der Waals surface area contributed by atoms with Gasteiger partial charge in [-0.3, -0.25) is 19.2 Å². The first-order valence-electron chi connectivity index (χ1n) is 24.3. The molecule has 2 aliphatic heterocycles. The molecule has 0 spiro atoms. The second-order valence-corrected chi connectivity index (χ2v) is 26.1. The van der Waals surface area contributed by atoms with Crippen LogP contribution in [0.3, 0.4) is 0 Å². The summed E-state index contributed by atoms with van der Waals surface area (Å²) in [4.78, 5) is 59.5. The number of nitrogens with two attached hydrogens (primary N) is 1. The van der Waals surface area contributed by atoms with Crippen molar-refractivity contribution in [3.05, 3.63) is 11.6 Å². The Hall–Kier alpha value is -1.52. The minimum atomic E-state index is -0.515. The Bertz CT molecular complexity index is 1750. The Morgan fingerprint density at radius 3 is 2.12 bits per heavy atom. The normalized spacial score (nSPS) is 45.3. The Morgan fingerprint density at radius 2 is 1.40 bits per heavy atom. The third kappa shape index (κ3) is 6.67. The van der Waals surface area contributed by atoms with E-state index in [0.717, 1.165) is 77.2 Å². The van der Waals surface area contributed by atoms with E-state index in [4.69, 9.17) is 5.73 Å². The fraction of sp³-hybridized carbons (Fsp3) is 0.880. The van der Waals surface area contributed by atoms with Crippen molar-refractivity contribution in [2.24, 2.45) is 74.7 Å². The van der Waals surface area contributed by atoms with Gasteiger partial charge in [-0.1, -0.05) is 55.4 Å². The van der Waals surface area contributed by atoms with E-state index in [9.17, 15) is 19.2 Å². The number of ketones is 1. The van der Waals surface area contributed by atoms with E-state index in [1.54, 1.807) is 23.5 Å². The van der Waals surface area contributed by atoms with Crippen molar-refractivity contribution in [1.82, 2.24) is 15.1 Å². The van der Waals surface area contributed by atoms with Crippen LogP contribution >= 0.6 is 23.5 Å². The monoisotopic (exact) mass is 865 g/mol. The second-order valence-electron chi connectivity index (χ2n) is 23.0. The molecule has 8 nitrogen and oxygen atoms in total. The molecule has 0 radical (unpaired) electrons. The molecule has 10 heteroatoms. The Kier molecular flexibility index (Phi) is 12.1. The highest BCUT2D eigenvalue weighted by Gasteiger charge is 2.72. The minimum absolute atomic E-state index is 0.0473. The van der Waals surface area contributed by atoms with Crippen LogP contribution in [0.25, 0.3) is 0 Å². The highest BCUT2D eigenvalue weighted by Crippen LogP contribution is 2.74. The SMILES string of the molecule is CC(C)SCC(=O)NCC1CC[C@H]2[C@@H]3CCC4N(C)C(=O)C=C(C56CC[C@@H]7[C@@H](CC[C@]8(C)C(C(N)C(=O)CSC(C)C)CC[C@@H]78)[C@@]5(C)CCC(=O)N6C)[C@]4(C)[C@@H]3CC[C@]12C. The van der Waals surface area contributed by atoms with Crippen molar-refractivity contribution in [2.75, 3.05) is 32.1 Å². The summed E-state index contributed by atoms with van der Waals surface area (Å²) in [6, 6.07) is -0.281. The van der Waals surface area contributed by atoms with Gasteiger partial charge in [-0.15, -0.1) is 11.8 Å². The van der Waals surface area contributed by atoms with Crippen molar-refractivity contribution < 1.29 is 19.2 Å². The smallest absolute Gasteiger partial charge is 0.246 e. The van der Waals surface area contributed by atoms with Crippen LogP contribution in [0.4, 0.5) is 0 Å². The number of rotatable bonds is 11. The Labute approximate surface area is 371 Å². The van der Waals surface area contributed by atoms with E-state index < -0.39 is 11.6 Å². The minimum Gasteiger partial charge on any atom is -0.355 e. The van der Waals surface area contributed by atoms with E-state index in [-0.39, 0.29) is 57.1 Å². The summed E-state index contributed by atoms with van der Waals surface area (Å²) in [5, 5.41) is 4.22. The summed E-state index contributed by atoms with van der Waals surface area (Å²) in [6.45, 7) is 19.5. The quantitative estimate of drug-likeness (QED) is 0.214. The number of amides is 3. The number of carbonyl (C=O) groups is 4. The van der Waals surface area contributed by atoms with Crippen LogP contribution in [0.5, 0.6) is 0 Å². The average molecular weight is 865 g/mol. The zero-order valence-corrected chi connectivity index (χ0v) is 40.6. The lowest BCUT2D eigenvalue weighted by Gasteiger charge is -2.72. The summed E-state index contributed by atoms with van der Waals surface area (Å²) < 4.78 is 0.